The maximum absolute atomic E-state index is 3.55. The molecular weight excluding hydrogens is 236 g/mol. The number of nitrogens with two attached hydrogens (primary N) is 1. The Morgan fingerprint density at radius 1 is 1.32 bits per heavy atom. The van der Waals surface area contributed by atoms with Crippen LogP contribution >= 0.6 is 0 Å². The van der Waals surface area contributed by atoms with Gasteiger partial charge in [-0.1, -0.05) is 12.1 Å². The molecule has 0 spiro atoms. The molecule has 3 N–H and O–H groups in total. The van der Waals surface area contributed by atoms with Gasteiger partial charge in [-0.3, -0.25) is 4.90 Å². The van der Waals surface area contributed by atoms with E-state index < -0.39 is 0 Å². The molecule has 0 aliphatic carbocycles. The Hall–Kier alpha value is -1.55. The van der Waals surface area contributed by atoms with Gasteiger partial charge in [-0.05, 0) is 32.9 Å². The molecule has 0 saturated carbocycles. The van der Waals surface area contributed by atoms with Crippen molar-refractivity contribution in [2.45, 2.75) is 32.9 Å². The number of benzene rings is 1. The van der Waals surface area contributed by atoms with Crippen LogP contribution in [-0.4, -0.2) is 30.2 Å². The van der Waals surface area contributed by atoms with Crippen molar-refractivity contribution >= 4 is 17.0 Å². The normalized spacial score (nSPS) is 15.2. The predicted octanol–water partition coefficient (Wildman–Crippen LogP) is 0.637. The molecule has 0 fully saturated rings. The zero-order chi connectivity index (χ0) is 13.5. The summed E-state index contributed by atoms with van der Waals surface area (Å²) >= 11 is 0. The molecule has 0 atom stereocenters. The van der Waals surface area contributed by atoms with E-state index in [1.54, 1.807) is 0 Å². The molecule has 19 heavy (non-hydrogen) atoms. The molecule has 0 radical (unpaired) electrons. The summed E-state index contributed by atoms with van der Waals surface area (Å²) in [5.41, 5.74) is 2.87. The van der Waals surface area contributed by atoms with Gasteiger partial charge in [-0.15, -0.1) is 0 Å². The summed E-state index contributed by atoms with van der Waals surface area (Å²) in [6.45, 7) is 11.2. The first-order valence-corrected chi connectivity index (χ1v) is 7.14. The number of H-pyrrole nitrogens is 1. The second-order valence-corrected chi connectivity index (χ2v) is 6.46. The van der Waals surface area contributed by atoms with Gasteiger partial charge in [-0.25, -0.2) is 9.55 Å². The lowest BCUT2D eigenvalue weighted by atomic mass is 10.1. The van der Waals surface area contributed by atoms with Crippen LogP contribution in [0, 0.1) is 0 Å². The largest absolute Gasteiger partial charge is 0.358 e. The Labute approximate surface area is 114 Å². The van der Waals surface area contributed by atoms with E-state index in [0.717, 1.165) is 26.2 Å². The van der Waals surface area contributed by atoms with Crippen LogP contribution in [-0.2, 0) is 6.54 Å². The molecule has 2 heterocycles. The van der Waals surface area contributed by atoms with Gasteiger partial charge in [0.05, 0.1) is 12.1 Å². The first-order valence-electron chi connectivity index (χ1n) is 7.14. The number of aromatic amines is 1. The van der Waals surface area contributed by atoms with Crippen molar-refractivity contribution in [3.05, 3.63) is 24.3 Å². The van der Waals surface area contributed by atoms with Gasteiger partial charge in [0.1, 0.15) is 30.7 Å². The van der Waals surface area contributed by atoms with E-state index in [1.807, 2.05) is 0 Å². The standard InChI is InChI=1S/C15H22N4/c1-15(2,3)16-8-9-18-10-11-19-13-7-5-4-6-12(13)17-14(18)19/h4-7,16H,8-11H2,1-3H3/p+2. The summed E-state index contributed by atoms with van der Waals surface area (Å²) in [6, 6.07) is 8.55. The molecule has 1 aromatic carbocycles. The van der Waals surface area contributed by atoms with Crippen molar-refractivity contribution in [1.82, 2.24) is 4.98 Å². The zero-order valence-electron chi connectivity index (χ0n) is 12.1. The second-order valence-electron chi connectivity index (χ2n) is 6.46. The third-order valence-electron chi connectivity index (χ3n) is 3.75. The highest BCUT2D eigenvalue weighted by Crippen LogP contribution is 2.18. The van der Waals surface area contributed by atoms with Gasteiger partial charge in [0.25, 0.3) is 0 Å². The lowest BCUT2D eigenvalue weighted by Gasteiger charge is -2.18. The van der Waals surface area contributed by atoms with E-state index in [2.05, 4.69) is 64.8 Å². The second kappa shape index (κ2) is 4.53. The van der Waals surface area contributed by atoms with Crippen LogP contribution in [0.15, 0.2) is 24.3 Å². The van der Waals surface area contributed by atoms with Crippen LogP contribution in [0.25, 0.3) is 11.0 Å². The van der Waals surface area contributed by atoms with Gasteiger partial charge in [-0.2, -0.15) is 0 Å². The molecule has 4 heteroatoms. The van der Waals surface area contributed by atoms with Crippen LogP contribution in [0.2, 0.25) is 0 Å². The zero-order valence-corrected chi connectivity index (χ0v) is 12.1. The molecule has 4 nitrogen and oxygen atoms in total. The Morgan fingerprint density at radius 2 is 2.11 bits per heavy atom. The number of quaternary nitrogens is 1. The van der Waals surface area contributed by atoms with Crippen molar-refractivity contribution in [1.29, 1.82) is 0 Å². The highest BCUT2D eigenvalue weighted by molar-refractivity contribution is 5.73. The van der Waals surface area contributed by atoms with Crippen molar-refractivity contribution in [2.75, 3.05) is 24.5 Å². The minimum Gasteiger partial charge on any atom is -0.339 e. The molecule has 1 aliphatic rings. The number of para-hydroxylation sites is 2. The van der Waals surface area contributed by atoms with Crippen molar-refractivity contribution in [2.24, 2.45) is 0 Å². The average molecular weight is 260 g/mol. The van der Waals surface area contributed by atoms with Gasteiger partial charge in [0, 0.05) is 0 Å². The highest BCUT2D eigenvalue weighted by Gasteiger charge is 2.31. The van der Waals surface area contributed by atoms with E-state index in [1.165, 1.54) is 17.0 Å². The molecule has 0 saturated heterocycles. The number of imidazole rings is 1. The smallest absolute Gasteiger partial charge is 0.339 e. The fourth-order valence-electron chi connectivity index (χ4n) is 2.79. The van der Waals surface area contributed by atoms with Crippen LogP contribution < -0.4 is 14.8 Å². The summed E-state index contributed by atoms with van der Waals surface area (Å²) in [7, 11) is 0. The summed E-state index contributed by atoms with van der Waals surface area (Å²) in [6.07, 6.45) is 0. The third-order valence-corrected chi connectivity index (χ3v) is 3.75. The molecule has 0 amide bonds. The quantitative estimate of drug-likeness (QED) is 0.781. The first-order chi connectivity index (χ1) is 9.04. The fraction of sp³-hybridized carbons (Fsp3) is 0.533. The molecule has 1 aliphatic heterocycles. The molecule has 1 aromatic heterocycles. The summed E-state index contributed by atoms with van der Waals surface area (Å²) in [5.74, 6) is 1.27. The van der Waals surface area contributed by atoms with Gasteiger partial charge < -0.3 is 5.32 Å². The van der Waals surface area contributed by atoms with Crippen molar-refractivity contribution < 1.29 is 9.88 Å². The maximum atomic E-state index is 3.55. The lowest BCUT2D eigenvalue weighted by Crippen LogP contribution is -2.95. The van der Waals surface area contributed by atoms with Gasteiger partial charge in [0.2, 0.25) is 0 Å². The Kier molecular flexibility index (Phi) is 2.97. The van der Waals surface area contributed by atoms with E-state index >= 15 is 0 Å². The highest BCUT2D eigenvalue weighted by atomic mass is 15.4. The average Bonchev–Trinajstić information content (AvgIpc) is 2.87. The SMILES string of the molecule is CC(C)(C)[NH2+]CCN1CC[n+]2c1[nH]c1ccccc12. The fourth-order valence-corrected chi connectivity index (χ4v) is 2.79. The molecule has 0 bridgehead atoms. The number of hydrogen-bond donors (Lipinski definition) is 2. The Morgan fingerprint density at radius 3 is 2.89 bits per heavy atom. The summed E-state index contributed by atoms with van der Waals surface area (Å²) < 4.78 is 2.40. The van der Waals surface area contributed by atoms with E-state index in [4.69, 9.17) is 0 Å². The van der Waals surface area contributed by atoms with Crippen LogP contribution in [0.4, 0.5) is 5.95 Å². The lowest BCUT2D eigenvalue weighted by molar-refractivity contribution is -0.715. The number of fused-ring (bicyclic) bond motifs is 3. The monoisotopic (exact) mass is 260 g/mol. The molecular formula is C15H24N4+2. The summed E-state index contributed by atoms with van der Waals surface area (Å²) in [4.78, 5) is 6.01. The van der Waals surface area contributed by atoms with E-state index in [0.29, 0.717) is 5.54 Å². The van der Waals surface area contributed by atoms with Crippen LogP contribution in [0.1, 0.15) is 20.8 Å². The predicted molar refractivity (Wildman–Crippen MR) is 77.3 cm³/mol. The number of aromatic nitrogens is 2. The number of nitrogens with one attached hydrogen (secondary N) is 1. The molecule has 0 unspecified atom stereocenters. The number of hydrogen-bond acceptors (Lipinski definition) is 1. The maximum Gasteiger partial charge on any atom is 0.358 e. The first kappa shape index (κ1) is 12.5. The minimum atomic E-state index is 0.316. The Bertz CT molecular complexity index is 579. The molecule has 102 valence electrons. The molecule has 3 rings (SSSR count). The van der Waals surface area contributed by atoms with E-state index in [9.17, 15) is 0 Å². The van der Waals surface area contributed by atoms with Crippen molar-refractivity contribution in [3.63, 3.8) is 0 Å². The van der Waals surface area contributed by atoms with Crippen LogP contribution in [0.3, 0.4) is 0 Å². The minimum absolute atomic E-state index is 0.316. The number of nitrogens with zero attached hydrogens (tertiary/aromatic N) is 2. The third kappa shape index (κ3) is 2.45. The van der Waals surface area contributed by atoms with Gasteiger partial charge in [0.15, 0.2) is 0 Å². The Balaban J connectivity index is 1.75. The summed E-state index contributed by atoms with van der Waals surface area (Å²) in [5, 5.41) is 2.41. The topological polar surface area (TPSA) is 39.5 Å². The van der Waals surface area contributed by atoms with Gasteiger partial charge >= 0.3 is 5.95 Å². The van der Waals surface area contributed by atoms with E-state index in [-0.39, 0.29) is 0 Å². The molecule has 2 aromatic rings. The number of anilines is 1. The van der Waals surface area contributed by atoms with Crippen LogP contribution in [0.5, 0.6) is 0 Å². The number of rotatable bonds is 3. The van der Waals surface area contributed by atoms with Crippen molar-refractivity contribution in [3.8, 4) is 0 Å².